The molecule has 24 heavy (non-hydrogen) atoms. The van der Waals surface area contributed by atoms with Crippen LogP contribution in [0, 0.1) is 0 Å². The molecule has 8 heteroatoms. The van der Waals surface area contributed by atoms with Gasteiger partial charge in [-0.3, -0.25) is 14.4 Å². The molecule has 1 aromatic carbocycles. The van der Waals surface area contributed by atoms with E-state index in [0.29, 0.717) is 17.9 Å². The lowest BCUT2D eigenvalue weighted by atomic mass is 10.2. The number of hydrogen-bond donors (Lipinski definition) is 4. The number of methoxy groups -OCH3 is 1. The first-order valence-electron chi connectivity index (χ1n) is 7.63. The number of rotatable bonds is 10. The third kappa shape index (κ3) is 6.66. The fourth-order valence-electron chi connectivity index (χ4n) is 2.01. The highest BCUT2D eigenvalue weighted by Crippen LogP contribution is 2.10. The lowest BCUT2D eigenvalue weighted by Gasteiger charge is -2.15. The predicted octanol–water partition coefficient (Wildman–Crippen LogP) is -0.00600. The molecule has 0 heterocycles. The second-order valence-electron chi connectivity index (χ2n) is 4.98. The van der Waals surface area contributed by atoms with Crippen molar-refractivity contribution in [3.8, 4) is 5.75 Å². The smallest absolute Gasteiger partial charge is 0.305 e. The second-order valence-corrected chi connectivity index (χ2v) is 4.98. The summed E-state index contributed by atoms with van der Waals surface area (Å²) < 4.78 is 5.02. The second kappa shape index (κ2) is 10.2. The average Bonchev–Trinajstić information content (AvgIpc) is 2.57. The van der Waals surface area contributed by atoms with Gasteiger partial charge in [0, 0.05) is 18.7 Å². The first kappa shape index (κ1) is 19.4. The monoisotopic (exact) mass is 337 g/mol. The van der Waals surface area contributed by atoms with Crippen molar-refractivity contribution in [2.45, 2.75) is 19.4 Å². The summed E-state index contributed by atoms with van der Waals surface area (Å²) in [4.78, 5) is 34.5. The van der Waals surface area contributed by atoms with E-state index in [2.05, 4.69) is 16.0 Å². The molecule has 0 aliphatic carbocycles. The number of benzene rings is 1. The first-order valence-corrected chi connectivity index (χ1v) is 7.63. The molecule has 0 aromatic heterocycles. The summed E-state index contributed by atoms with van der Waals surface area (Å²) in [6.07, 6.45) is -0.294. The Balaban J connectivity index is 2.36. The average molecular weight is 337 g/mol. The maximum Gasteiger partial charge on any atom is 0.305 e. The molecule has 4 N–H and O–H groups in total. The largest absolute Gasteiger partial charge is 0.497 e. The molecule has 0 saturated carbocycles. The zero-order valence-corrected chi connectivity index (χ0v) is 13.8. The first-order chi connectivity index (χ1) is 11.5. The zero-order chi connectivity index (χ0) is 17.9. The van der Waals surface area contributed by atoms with Gasteiger partial charge in [-0.25, -0.2) is 0 Å². The van der Waals surface area contributed by atoms with Crippen LogP contribution in [0.5, 0.6) is 5.75 Å². The van der Waals surface area contributed by atoms with E-state index in [0.717, 1.165) is 0 Å². The maximum absolute atomic E-state index is 11.9. The summed E-state index contributed by atoms with van der Waals surface area (Å²) in [5, 5.41) is 16.9. The minimum absolute atomic E-state index is 0.211. The Labute approximate surface area is 140 Å². The van der Waals surface area contributed by atoms with E-state index >= 15 is 0 Å². The maximum atomic E-state index is 11.9. The van der Waals surface area contributed by atoms with E-state index in [1.54, 1.807) is 38.3 Å². The molecule has 2 amide bonds. The Hall–Kier alpha value is -2.61. The lowest BCUT2D eigenvalue weighted by molar-refractivity contribution is -0.139. The number of amides is 2. The molecule has 0 aliphatic rings. The summed E-state index contributed by atoms with van der Waals surface area (Å²) in [7, 11) is 1.54. The molecule has 0 aliphatic heterocycles. The van der Waals surface area contributed by atoms with Gasteiger partial charge in [0.1, 0.15) is 5.75 Å². The number of hydrogen-bond acceptors (Lipinski definition) is 5. The van der Waals surface area contributed by atoms with E-state index in [1.165, 1.54) is 0 Å². The Morgan fingerprint density at radius 3 is 2.29 bits per heavy atom. The fourth-order valence-corrected chi connectivity index (χ4v) is 2.01. The molecule has 0 fully saturated rings. The van der Waals surface area contributed by atoms with Crippen molar-refractivity contribution < 1.29 is 24.2 Å². The van der Waals surface area contributed by atoms with Crippen LogP contribution in [0.2, 0.25) is 0 Å². The summed E-state index contributed by atoms with van der Waals surface area (Å²) in [6.45, 7) is 2.72. The molecule has 1 atom stereocenters. The predicted molar refractivity (Wildman–Crippen MR) is 88.1 cm³/mol. The van der Waals surface area contributed by atoms with Crippen molar-refractivity contribution in [1.82, 2.24) is 16.0 Å². The van der Waals surface area contributed by atoms with Crippen molar-refractivity contribution in [1.29, 1.82) is 0 Å². The molecule has 1 rings (SSSR count). The molecular weight excluding hydrogens is 314 g/mol. The Morgan fingerprint density at radius 2 is 1.75 bits per heavy atom. The van der Waals surface area contributed by atoms with Crippen LogP contribution in [0.15, 0.2) is 24.3 Å². The molecule has 0 bridgehead atoms. The van der Waals surface area contributed by atoms with Gasteiger partial charge in [0.05, 0.1) is 19.6 Å². The summed E-state index contributed by atoms with van der Waals surface area (Å²) in [5.74, 6) is -1.06. The van der Waals surface area contributed by atoms with Gasteiger partial charge in [0.15, 0.2) is 0 Å². The molecule has 1 aromatic rings. The van der Waals surface area contributed by atoms with Gasteiger partial charge in [0.25, 0.3) is 5.91 Å². The normalized spacial score (nSPS) is 11.4. The number of likely N-dealkylation sites (N-methyl/N-ethyl adjacent to an activating group) is 1. The molecule has 132 valence electrons. The highest BCUT2D eigenvalue weighted by atomic mass is 16.5. The zero-order valence-electron chi connectivity index (χ0n) is 13.8. The van der Waals surface area contributed by atoms with Crippen LogP contribution >= 0.6 is 0 Å². The number of ether oxygens (including phenoxy) is 1. The van der Waals surface area contributed by atoms with E-state index < -0.39 is 17.9 Å². The lowest BCUT2D eigenvalue weighted by Crippen LogP contribution is -2.47. The van der Waals surface area contributed by atoms with Crippen molar-refractivity contribution in [3.63, 3.8) is 0 Å². The summed E-state index contributed by atoms with van der Waals surface area (Å²) in [5.41, 5.74) is 0.485. The van der Waals surface area contributed by atoms with Crippen LogP contribution in [0.4, 0.5) is 0 Å². The van der Waals surface area contributed by atoms with Gasteiger partial charge in [0.2, 0.25) is 5.91 Å². The van der Waals surface area contributed by atoms with Crippen LogP contribution in [0.25, 0.3) is 0 Å². The highest BCUT2D eigenvalue weighted by Gasteiger charge is 2.19. The van der Waals surface area contributed by atoms with Gasteiger partial charge >= 0.3 is 5.97 Å². The SMILES string of the molecule is CCNC(CC(=O)O)C(=O)NCCNC(=O)c1ccc(OC)cc1. The highest BCUT2D eigenvalue weighted by molar-refractivity contribution is 5.94. The Morgan fingerprint density at radius 1 is 1.12 bits per heavy atom. The van der Waals surface area contributed by atoms with Gasteiger partial charge in [-0.05, 0) is 30.8 Å². The molecule has 8 nitrogen and oxygen atoms in total. The minimum Gasteiger partial charge on any atom is -0.497 e. The van der Waals surface area contributed by atoms with Gasteiger partial charge in [-0.2, -0.15) is 0 Å². The van der Waals surface area contributed by atoms with Crippen LogP contribution in [0.3, 0.4) is 0 Å². The van der Waals surface area contributed by atoms with E-state index in [-0.39, 0.29) is 25.4 Å². The van der Waals surface area contributed by atoms with Gasteiger partial charge in [-0.15, -0.1) is 0 Å². The van der Waals surface area contributed by atoms with Gasteiger partial charge < -0.3 is 25.8 Å². The molecule has 0 spiro atoms. The summed E-state index contributed by atoms with van der Waals surface area (Å²) in [6, 6.07) is 5.86. The van der Waals surface area contributed by atoms with Crippen molar-refractivity contribution >= 4 is 17.8 Å². The van der Waals surface area contributed by atoms with Crippen molar-refractivity contribution in [3.05, 3.63) is 29.8 Å². The van der Waals surface area contributed by atoms with E-state index in [4.69, 9.17) is 9.84 Å². The molecule has 0 radical (unpaired) electrons. The standard InChI is InChI=1S/C16H23N3O5/c1-3-17-13(10-14(20)21)16(23)19-9-8-18-15(22)11-4-6-12(24-2)7-5-11/h4-7,13,17H,3,8-10H2,1-2H3,(H,18,22)(H,19,23)(H,20,21). The van der Waals surface area contributed by atoms with E-state index in [9.17, 15) is 14.4 Å². The van der Waals surface area contributed by atoms with E-state index in [1.807, 2.05) is 0 Å². The van der Waals surface area contributed by atoms with Crippen LogP contribution < -0.4 is 20.7 Å². The Kier molecular flexibility index (Phi) is 8.28. The quantitative estimate of drug-likeness (QED) is 0.446. The molecule has 1 unspecified atom stereocenters. The number of nitrogens with one attached hydrogen (secondary N) is 3. The van der Waals surface area contributed by atoms with Gasteiger partial charge in [-0.1, -0.05) is 6.92 Å². The minimum atomic E-state index is -1.05. The number of aliphatic carboxylic acids is 1. The summed E-state index contributed by atoms with van der Waals surface area (Å²) >= 11 is 0. The van der Waals surface area contributed by atoms with Crippen LogP contribution in [0.1, 0.15) is 23.7 Å². The Bertz CT molecular complexity index is 559. The number of carboxylic acid groups (broad SMARTS) is 1. The number of carbonyl (C=O) groups excluding carboxylic acids is 2. The van der Waals surface area contributed by atoms with Crippen LogP contribution in [-0.2, 0) is 9.59 Å². The third-order valence-electron chi connectivity index (χ3n) is 3.21. The molecule has 0 saturated heterocycles. The number of carbonyl (C=O) groups is 3. The molecular formula is C16H23N3O5. The fraction of sp³-hybridized carbons (Fsp3) is 0.438. The topological polar surface area (TPSA) is 117 Å². The van der Waals surface area contributed by atoms with Crippen LogP contribution in [-0.4, -0.2) is 55.7 Å². The number of carboxylic acids is 1. The van der Waals surface area contributed by atoms with Crippen molar-refractivity contribution in [2.75, 3.05) is 26.7 Å². The third-order valence-corrected chi connectivity index (χ3v) is 3.21. The van der Waals surface area contributed by atoms with Crippen molar-refractivity contribution in [2.24, 2.45) is 0 Å².